The first-order valence-electron chi connectivity index (χ1n) is 6.14. The van der Waals surface area contributed by atoms with Crippen LogP contribution < -0.4 is 11.1 Å². The second-order valence-electron chi connectivity index (χ2n) is 4.57. The van der Waals surface area contributed by atoms with Crippen molar-refractivity contribution in [1.82, 2.24) is 5.32 Å². The van der Waals surface area contributed by atoms with Crippen molar-refractivity contribution in [3.8, 4) is 0 Å². The van der Waals surface area contributed by atoms with Gasteiger partial charge in [0, 0.05) is 6.26 Å². The van der Waals surface area contributed by atoms with Gasteiger partial charge in [-0.15, -0.1) is 0 Å². The summed E-state index contributed by atoms with van der Waals surface area (Å²) in [5, 5.41) is 11.2. The first kappa shape index (κ1) is 17.8. The van der Waals surface area contributed by atoms with Gasteiger partial charge in [-0.1, -0.05) is 19.8 Å². The van der Waals surface area contributed by atoms with Crippen LogP contribution in [0.3, 0.4) is 0 Å². The van der Waals surface area contributed by atoms with Gasteiger partial charge in [0.05, 0.1) is 11.8 Å². The van der Waals surface area contributed by atoms with E-state index in [0.29, 0.717) is 6.42 Å². The fourth-order valence-corrected chi connectivity index (χ4v) is 2.09. The molecular weight excluding hydrogens is 272 g/mol. The minimum Gasteiger partial charge on any atom is -0.480 e. The monoisotopic (exact) mass is 294 g/mol. The second-order valence-corrected chi connectivity index (χ2v) is 6.83. The van der Waals surface area contributed by atoms with Crippen LogP contribution in [-0.4, -0.2) is 49.5 Å². The van der Waals surface area contributed by atoms with Crippen LogP contribution in [0, 0.1) is 0 Å². The van der Waals surface area contributed by atoms with Crippen molar-refractivity contribution in [3.63, 3.8) is 0 Å². The summed E-state index contributed by atoms with van der Waals surface area (Å²) in [6.07, 6.45) is 2.98. The summed E-state index contributed by atoms with van der Waals surface area (Å²) in [6.45, 7) is 1.96. The molecule has 8 heteroatoms. The number of hydrogen-bond acceptors (Lipinski definition) is 5. The SMILES string of the molecule is CCCC[C@H](N)C(=O)NC(CCS(C)(=O)=O)C(=O)O. The Bertz CT molecular complexity index is 407. The number of carboxylic acid groups (broad SMARTS) is 1. The van der Waals surface area contributed by atoms with E-state index in [0.717, 1.165) is 19.1 Å². The highest BCUT2D eigenvalue weighted by molar-refractivity contribution is 7.90. The van der Waals surface area contributed by atoms with Gasteiger partial charge in [-0.3, -0.25) is 4.79 Å². The van der Waals surface area contributed by atoms with E-state index in [1.54, 1.807) is 0 Å². The number of carbonyl (C=O) groups excluding carboxylic acids is 1. The third kappa shape index (κ3) is 8.55. The Morgan fingerprint density at radius 3 is 2.32 bits per heavy atom. The van der Waals surface area contributed by atoms with Crippen LogP contribution in [-0.2, 0) is 19.4 Å². The summed E-state index contributed by atoms with van der Waals surface area (Å²) < 4.78 is 22.0. The van der Waals surface area contributed by atoms with Crippen molar-refractivity contribution in [2.75, 3.05) is 12.0 Å². The maximum absolute atomic E-state index is 11.6. The molecule has 0 aliphatic heterocycles. The molecule has 112 valence electrons. The minimum absolute atomic E-state index is 0.166. The fourth-order valence-electron chi connectivity index (χ4n) is 1.42. The molecule has 0 spiro atoms. The zero-order chi connectivity index (χ0) is 15.1. The lowest BCUT2D eigenvalue weighted by Crippen LogP contribution is -2.48. The minimum atomic E-state index is -3.27. The molecule has 4 N–H and O–H groups in total. The number of amides is 1. The largest absolute Gasteiger partial charge is 0.480 e. The maximum atomic E-state index is 11.6. The first-order valence-corrected chi connectivity index (χ1v) is 8.20. The Hall–Kier alpha value is -1.15. The smallest absolute Gasteiger partial charge is 0.326 e. The van der Waals surface area contributed by atoms with Gasteiger partial charge in [-0.2, -0.15) is 0 Å². The second kappa shape index (κ2) is 8.11. The Morgan fingerprint density at radius 1 is 1.32 bits per heavy atom. The maximum Gasteiger partial charge on any atom is 0.326 e. The number of nitrogens with one attached hydrogen (secondary N) is 1. The van der Waals surface area contributed by atoms with Crippen LogP contribution >= 0.6 is 0 Å². The number of carbonyl (C=O) groups is 2. The number of aliphatic carboxylic acids is 1. The summed E-state index contributed by atoms with van der Waals surface area (Å²) >= 11 is 0. The predicted molar refractivity (Wildman–Crippen MR) is 71.4 cm³/mol. The standard InChI is InChI=1S/C11H22N2O5S/c1-3-4-5-8(12)10(14)13-9(11(15)16)6-7-19(2,17)18/h8-9H,3-7,12H2,1-2H3,(H,13,14)(H,15,16)/t8-,9?/m0/s1. The molecule has 0 radical (unpaired) electrons. The van der Waals surface area contributed by atoms with E-state index in [4.69, 9.17) is 10.8 Å². The van der Waals surface area contributed by atoms with Crippen LogP contribution in [0.4, 0.5) is 0 Å². The van der Waals surface area contributed by atoms with Gasteiger partial charge in [0.2, 0.25) is 5.91 Å². The molecule has 1 amide bonds. The zero-order valence-corrected chi connectivity index (χ0v) is 12.1. The molecule has 0 saturated carbocycles. The average Bonchev–Trinajstić information content (AvgIpc) is 2.29. The Labute approximate surface area is 113 Å². The van der Waals surface area contributed by atoms with E-state index in [1.165, 1.54) is 0 Å². The van der Waals surface area contributed by atoms with E-state index in [2.05, 4.69) is 5.32 Å². The van der Waals surface area contributed by atoms with Crippen molar-refractivity contribution in [1.29, 1.82) is 0 Å². The molecule has 0 bridgehead atoms. The molecule has 0 saturated heterocycles. The van der Waals surface area contributed by atoms with Gasteiger partial charge < -0.3 is 16.2 Å². The van der Waals surface area contributed by atoms with Crippen LogP contribution in [0.5, 0.6) is 0 Å². The molecule has 7 nitrogen and oxygen atoms in total. The van der Waals surface area contributed by atoms with E-state index in [1.807, 2.05) is 6.92 Å². The Balaban J connectivity index is 4.42. The zero-order valence-electron chi connectivity index (χ0n) is 11.3. The average molecular weight is 294 g/mol. The summed E-state index contributed by atoms with van der Waals surface area (Å²) in [7, 11) is -3.27. The molecule has 0 aromatic carbocycles. The molecule has 0 aromatic rings. The highest BCUT2D eigenvalue weighted by atomic mass is 32.2. The van der Waals surface area contributed by atoms with Gasteiger partial charge in [0.1, 0.15) is 15.9 Å². The molecule has 1 unspecified atom stereocenters. The lowest BCUT2D eigenvalue weighted by Gasteiger charge is -2.17. The third-order valence-electron chi connectivity index (χ3n) is 2.60. The van der Waals surface area contributed by atoms with Crippen LogP contribution in [0.2, 0.25) is 0 Å². The van der Waals surface area contributed by atoms with Gasteiger partial charge in [0.15, 0.2) is 0 Å². The molecule has 0 heterocycles. The topological polar surface area (TPSA) is 127 Å². The molecular formula is C11H22N2O5S. The summed E-state index contributed by atoms with van der Waals surface area (Å²) in [4.78, 5) is 22.6. The van der Waals surface area contributed by atoms with Crippen molar-refractivity contribution >= 4 is 21.7 Å². The number of rotatable bonds is 9. The number of hydrogen-bond donors (Lipinski definition) is 3. The predicted octanol–water partition coefficient (Wildman–Crippen LogP) is -0.492. The van der Waals surface area contributed by atoms with Crippen LogP contribution in [0.15, 0.2) is 0 Å². The first-order chi connectivity index (χ1) is 8.67. The molecule has 0 fully saturated rings. The molecule has 2 atom stereocenters. The number of unbranched alkanes of at least 4 members (excludes halogenated alkanes) is 1. The summed E-state index contributed by atoms with van der Waals surface area (Å²) in [6, 6.07) is -1.99. The highest BCUT2D eigenvalue weighted by Gasteiger charge is 2.24. The van der Waals surface area contributed by atoms with E-state index in [-0.39, 0.29) is 12.2 Å². The van der Waals surface area contributed by atoms with Gasteiger partial charge >= 0.3 is 5.97 Å². The van der Waals surface area contributed by atoms with Gasteiger partial charge in [0.25, 0.3) is 0 Å². The van der Waals surface area contributed by atoms with Gasteiger partial charge in [-0.25, -0.2) is 13.2 Å². The summed E-state index contributed by atoms with van der Waals surface area (Å²) in [5.41, 5.74) is 5.61. The molecule has 0 rings (SSSR count). The van der Waals surface area contributed by atoms with E-state index in [9.17, 15) is 18.0 Å². The number of sulfone groups is 1. The van der Waals surface area contributed by atoms with Crippen molar-refractivity contribution in [2.45, 2.75) is 44.7 Å². The van der Waals surface area contributed by atoms with Crippen LogP contribution in [0.25, 0.3) is 0 Å². The lowest BCUT2D eigenvalue weighted by atomic mass is 10.1. The highest BCUT2D eigenvalue weighted by Crippen LogP contribution is 2.01. The Kier molecular flexibility index (Phi) is 7.62. The molecule has 0 aliphatic rings. The van der Waals surface area contributed by atoms with Crippen molar-refractivity contribution < 1.29 is 23.1 Å². The quantitative estimate of drug-likeness (QED) is 0.526. The summed E-state index contributed by atoms with van der Waals surface area (Å²) in [5.74, 6) is -2.12. The molecule has 0 aromatic heterocycles. The lowest BCUT2D eigenvalue weighted by molar-refractivity contribution is -0.142. The normalized spacial score (nSPS) is 14.7. The molecule has 19 heavy (non-hydrogen) atoms. The molecule has 0 aliphatic carbocycles. The van der Waals surface area contributed by atoms with Gasteiger partial charge in [-0.05, 0) is 12.8 Å². The third-order valence-corrected chi connectivity index (χ3v) is 3.57. The van der Waals surface area contributed by atoms with Crippen molar-refractivity contribution in [3.05, 3.63) is 0 Å². The number of nitrogens with two attached hydrogens (primary N) is 1. The van der Waals surface area contributed by atoms with E-state index >= 15 is 0 Å². The Morgan fingerprint density at radius 2 is 1.89 bits per heavy atom. The van der Waals surface area contributed by atoms with E-state index < -0.39 is 33.8 Å². The number of carboxylic acids is 1. The fraction of sp³-hybridized carbons (Fsp3) is 0.818. The van der Waals surface area contributed by atoms with Crippen molar-refractivity contribution in [2.24, 2.45) is 5.73 Å². The van der Waals surface area contributed by atoms with Crippen LogP contribution in [0.1, 0.15) is 32.6 Å².